The lowest BCUT2D eigenvalue weighted by molar-refractivity contribution is 0.0663. The molecule has 0 aliphatic carbocycles. The lowest BCUT2D eigenvalue weighted by Crippen LogP contribution is -2.36. The van der Waals surface area contributed by atoms with Gasteiger partial charge in [-0.1, -0.05) is 0 Å². The zero-order valence-corrected chi connectivity index (χ0v) is 12.1. The van der Waals surface area contributed by atoms with E-state index < -0.39 is 12.1 Å². The van der Waals surface area contributed by atoms with Crippen LogP contribution >= 0.6 is 0 Å². The van der Waals surface area contributed by atoms with Crippen LogP contribution in [-0.2, 0) is 4.74 Å². The summed E-state index contributed by atoms with van der Waals surface area (Å²) >= 11 is 0. The van der Waals surface area contributed by atoms with Gasteiger partial charge in [0.05, 0.1) is 18.4 Å². The van der Waals surface area contributed by atoms with Crippen molar-refractivity contribution in [1.29, 1.82) is 0 Å². The third kappa shape index (κ3) is 4.47. The van der Waals surface area contributed by atoms with Gasteiger partial charge in [0.2, 0.25) is 0 Å². The highest BCUT2D eigenvalue weighted by Gasteiger charge is 2.07. The Morgan fingerprint density at radius 3 is 2.68 bits per heavy atom. The molecule has 8 nitrogen and oxygen atoms in total. The molecule has 0 aliphatic rings. The van der Waals surface area contributed by atoms with Crippen LogP contribution in [0, 0.1) is 0 Å². The molecule has 0 aliphatic heterocycles. The van der Waals surface area contributed by atoms with Crippen molar-refractivity contribution in [3.63, 3.8) is 0 Å². The third-order valence-electron chi connectivity index (χ3n) is 2.87. The van der Waals surface area contributed by atoms with Crippen LogP contribution in [0.4, 0.5) is 10.5 Å². The van der Waals surface area contributed by atoms with Crippen molar-refractivity contribution in [2.24, 2.45) is 0 Å². The predicted octanol–water partition coefficient (Wildman–Crippen LogP) is 0.294. The van der Waals surface area contributed by atoms with Gasteiger partial charge in [0.25, 0.3) is 5.56 Å². The molecule has 0 fully saturated rings. The standard InChI is InChI=1S/C14H18N4O4/c1-22-9-12(19)8-15-14(21)16-10-2-4-11(5-3-10)18-7-6-13(20)17-18/h2-7,12,19H,8-9H2,1H3,(H,17,20)(H2,15,16,21). The molecule has 0 bridgehead atoms. The van der Waals surface area contributed by atoms with Gasteiger partial charge in [0, 0.05) is 31.6 Å². The number of aromatic nitrogens is 2. The van der Waals surface area contributed by atoms with Gasteiger partial charge < -0.3 is 20.5 Å². The summed E-state index contributed by atoms with van der Waals surface area (Å²) in [7, 11) is 1.48. The van der Waals surface area contributed by atoms with Gasteiger partial charge in [0.1, 0.15) is 0 Å². The van der Waals surface area contributed by atoms with Crippen LogP contribution in [0.25, 0.3) is 5.69 Å². The number of benzene rings is 1. The molecule has 2 rings (SSSR count). The smallest absolute Gasteiger partial charge is 0.319 e. The van der Waals surface area contributed by atoms with Crippen molar-refractivity contribution in [3.8, 4) is 5.69 Å². The number of amides is 2. The Kier molecular flexibility index (Phi) is 5.34. The molecule has 8 heteroatoms. The first-order chi connectivity index (χ1) is 10.6. The van der Waals surface area contributed by atoms with Gasteiger partial charge in [-0.3, -0.25) is 14.6 Å². The molecule has 0 radical (unpaired) electrons. The predicted molar refractivity (Wildman–Crippen MR) is 81.3 cm³/mol. The van der Waals surface area contributed by atoms with Crippen molar-refractivity contribution < 1.29 is 14.6 Å². The molecule has 0 spiro atoms. The molecule has 118 valence electrons. The second-order valence-electron chi connectivity index (χ2n) is 4.65. The molecule has 0 saturated carbocycles. The second-order valence-corrected chi connectivity index (χ2v) is 4.65. The highest BCUT2D eigenvalue weighted by molar-refractivity contribution is 5.89. The molecule has 4 N–H and O–H groups in total. The fourth-order valence-corrected chi connectivity index (χ4v) is 1.83. The minimum absolute atomic E-state index is 0.0996. The van der Waals surface area contributed by atoms with Crippen molar-refractivity contribution in [2.75, 3.05) is 25.6 Å². The number of nitrogens with zero attached hydrogens (tertiary/aromatic N) is 1. The van der Waals surface area contributed by atoms with Crippen molar-refractivity contribution in [2.45, 2.75) is 6.10 Å². The fraction of sp³-hybridized carbons (Fsp3) is 0.286. The average molecular weight is 306 g/mol. The number of H-pyrrole nitrogens is 1. The van der Waals surface area contributed by atoms with Crippen LogP contribution < -0.4 is 16.2 Å². The lowest BCUT2D eigenvalue weighted by atomic mass is 10.3. The zero-order valence-electron chi connectivity index (χ0n) is 12.1. The third-order valence-corrected chi connectivity index (χ3v) is 2.87. The maximum Gasteiger partial charge on any atom is 0.319 e. The molecule has 22 heavy (non-hydrogen) atoms. The van der Waals surface area contributed by atoms with Crippen molar-refractivity contribution >= 4 is 11.7 Å². The summed E-state index contributed by atoms with van der Waals surface area (Å²) in [4.78, 5) is 22.7. The Morgan fingerprint density at radius 1 is 1.36 bits per heavy atom. The van der Waals surface area contributed by atoms with E-state index in [1.165, 1.54) is 13.2 Å². The quantitative estimate of drug-likeness (QED) is 0.615. The fourth-order valence-electron chi connectivity index (χ4n) is 1.83. The van der Waals surface area contributed by atoms with E-state index in [1.54, 1.807) is 35.1 Å². The molecule has 1 atom stereocenters. The molecule has 1 aromatic heterocycles. The number of aromatic amines is 1. The number of aliphatic hydroxyl groups excluding tert-OH is 1. The number of methoxy groups -OCH3 is 1. The van der Waals surface area contributed by atoms with Crippen LogP contribution in [0.15, 0.2) is 41.3 Å². The van der Waals surface area contributed by atoms with Gasteiger partial charge >= 0.3 is 6.03 Å². The van der Waals surface area contributed by atoms with E-state index in [9.17, 15) is 14.7 Å². The van der Waals surface area contributed by atoms with E-state index in [-0.39, 0.29) is 18.7 Å². The van der Waals surface area contributed by atoms with Crippen molar-refractivity contribution in [1.82, 2.24) is 15.1 Å². The normalized spacial score (nSPS) is 11.9. The average Bonchev–Trinajstić information content (AvgIpc) is 2.93. The Hall–Kier alpha value is -2.58. The minimum atomic E-state index is -0.747. The van der Waals surface area contributed by atoms with Gasteiger partial charge in [0.15, 0.2) is 0 Å². The lowest BCUT2D eigenvalue weighted by Gasteiger charge is -2.12. The van der Waals surface area contributed by atoms with Gasteiger partial charge in [-0.25, -0.2) is 4.79 Å². The summed E-state index contributed by atoms with van der Waals surface area (Å²) in [6.45, 7) is 0.256. The summed E-state index contributed by atoms with van der Waals surface area (Å²) in [5.41, 5.74) is 1.18. The van der Waals surface area contributed by atoms with Crippen LogP contribution in [0.2, 0.25) is 0 Å². The summed E-state index contributed by atoms with van der Waals surface area (Å²) in [6, 6.07) is 7.93. The molecule has 2 amide bonds. The summed E-state index contributed by atoms with van der Waals surface area (Å²) in [6.07, 6.45) is 0.873. The number of aliphatic hydroxyl groups is 1. The Bertz CT molecular complexity index is 662. The number of rotatable bonds is 6. The minimum Gasteiger partial charge on any atom is -0.389 e. The first kappa shape index (κ1) is 15.8. The Labute approximate surface area is 126 Å². The molecular formula is C14H18N4O4. The number of ether oxygens (including phenoxy) is 1. The largest absolute Gasteiger partial charge is 0.389 e. The Morgan fingerprint density at radius 2 is 2.09 bits per heavy atom. The van der Waals surface area contributed by atoms with E-state index in [2.05, 4.69) is 15.7 Å². The van der Waals surface area contributed by atoms with Gasteiger partial charge in [-0.05, 0) is 24.3 Å². The number of carbonyl (C=O) groups is 1. The number of urea groups is 1. The van der Waals surface area contributed by atoms with E-state index in [0.717, 1.165) is 5.69 Å². The molecule has 1 heterocycles. The first-order valence-corrected chi connectivity index (χ1v) is 6.68. The van der Waals surface area contributed by atoms with Gasteiger partial charge in [-0.15, -0.1) is 0 Å². The summed E-state index contributed by atoms with van der Waals surface area (Å²) in [5, 5.41) is 17.2. The van der Waals surface area contributed by atoms with Crippen molar-refractivity contribution in [3.05, 3.63) is 46.9 Å². The topological polar surface area (TPSA) is 108 Å². The number of anilines is 1. The molecule has 1 aromatic carbocycles. The maximum absolute atomic E-state index is 11.7. The summed E-state index contributed by atoms with van der Waals surface area (Å²) < 4.78 is 6.34. The van der Waals surface area contributed by atoms with Crippen LogP contribution in [0.5, 0.6) is 0 Å². The molecule has 2 aromatic rings. The molecule has 0 saturated heterocycles. The molecular weight excluding hydrogens is 288 g/mol. The van der Waals surface area contributed by atoms with Gasteiger partial charge in [-0.2, -0.15) is 0 Å². The molecule has 1 unspecified atom stereocenters. The number of carbonyl (C=O) groups excluding carboxylic acids is 1. The highest BCUT2D eigenvalue weighted by atomic mass is 16.5. The number of nitrogens with one attached hydrogen (secondary N) is 3. The van der Waals surface area contributed by atoms with E-state index >= 15 is 0 Å². The SMILES string of the molecule is COCC(O)CNC(=O)Nc1ccc(-n2ccc(=O)[nH]2)cc1. The van der Waals surface area contributed by atoms with Crippen LogP contribution in [-0.4, -0.2) is 47.3 Å². The maximum atomic E-state index is 11.7. The van der Waals surface area contributed by atoms with Crippen LogP contribution in [0.1, 0.15) is 0 Å². The monoisotopic (exact) mass is 306 g/mol. The van der Waals surface area contributed by atoms with E-state index in [1.807, 2.05) is 0 Å². The number of hydrogen-bond acceptors (Lipinski definition) is 4. The highest BCUT2D eigenvalue weighted by Crippen LogP contribution is 2.11. The van der Waals surface area contributed by atoms with Crippen LogP contribution in [0.3, 0.4) is 0 Å². The summed E-state index contributed by atoms with van der Waals surface area (Å²) in [5.74, 6) is 0. The number of hydrogen-bond donors (Lipinski definition) is 4. The first-order valence-electron chi connectivity index (χ1n) is 6.68. The zero-order chi connectivity index (χ0) is 15.9. The van der Waals surface area contributed by atoms with E-state index in [0.29, 0.717) is 5.69 Å². The van der Waals surface area contributed by atoms with E-state index in [4.69, 9.17) is 4.74 Å². The Balaban J connectivity index is 1.88. The second kappa shape index (κ2) is 7.43.